The molecule has 2 aromatic rings. The van der Waals surface area contributed by atoms with Crippen molar-refractivity contribution in [1.82, 2.24) is 10.5 Å². The molecule has 0 spiro atoms. The number of hydrogen-bond acceptors (Lipinski definition) is 6. The summed E-state index contributed by atoms with van der Waals surface area (Å²) in [4.78, 5) is 12.1. The molecule has 1 aliphatic heterocycles. The fourth-order valence-electron chi connectivity index (χ4n) is 2.83. The highest BCUT2D eigenvalue weighted by Crippen LogP contribution is 2.23. The molecule has 25 heavy (non-hydrogen) atoms. The Morgan fingerprint density at radius 3 is 2.72 bits per heavy atom. The largest absolute Gasteiger partial charge is 0.485 e. The SMILES string of the molecule is Cc1cccc(C)c1OCc1cc(C(=O)NC2CCS(=O)(=O)C2)no1. The molecular weight excluding hydrogens is 344 g/mol. The van der Waals surface area contributed by atoms with Gasteiger partial charge in [-0.2, -0.15) is 0 Å². The number of rotatable bonds is 5. The van der Waals surface area contributed by atoms with Gasteiger partial charge < -0.3 is 14.6 Å². The van der Waals surface area contributed by atoms with E-state index in [0.29, 0.717) is 12.2 Å². The van der Waals surface area contributed by atoms with Crippen molar-refractivity contribution in [2.75, 3.05) is 11.5 Å². The Labute approximate surface area is 146 Å². The first-order valence-corrected chi connectivity index (χ1v) is 9.82. The number of carbonyl (C=O) groups excluding carboxylic acids is 1. The maximum absolute atomic E-state index is 12.1. The number of sulfone groups is 1. The number of aryl methyl sites for hydroxylation is 2. The molecule has 1 aromatic carbocycles. The molecule has 1 amide bonds. The van der Waals surface area contributed by atoms with E-state index in [1.807, 2.05) is 32.0 Å². The van der Waals surface area contributed by atoms with E-state index in [4.69, 9.17) is 9.26 Å². The summed E-state index contributed by atoms with van der Waals surface area (Å²) in [6.45, 7) is 4.07. The molecule has 1 fully saturated rings. The van der Waals surface area contributed by atoms with Gasteiger partial charge in [-0.15, -0.1) is 0 Å². The van der Waals surface area contributed by atoms with Crippen LogP contribution < -0.4 is 10.1 Å². The zero-order valence-electron chi connectivity index (χ0n) is 14.1. The first-order valence-electron chi connectivity index (χ1n) is 8.00. The lowest BCUT2D eigenvalue weighted by atomic mass is 10.1. The summed E-state index contributed by atoms with van der Waals surface area (Å²) in [6.07, 6.45) is 0.425. The van der Waals surface area contributed by atoms with Crippen molar-refractivity contribution in [3.8, 4) is 5.75 Å². The molecule has 0 saturated carbocycles. The molecule has 8 heteroatoms. The number of carbonyl (C=O) groups is 1. The molecule has 134 valence electrons. The van der Waals surface area contributed by atoms with Gasteiger partial charge in [-0.25, -0.2) is 8.42 Å². The van der Waals surface area contributed by atoms with E-state index in [1.165, 1.54) is 6.07 Å². The number of para-hydroxylation sites is 1. The molecule has 0 radical (unpaired) electrons. The van der Waals surface area contributed by atoms with Crippen molar-refractivity contribution in [3.05, 3.63) is 46.8 Å². The van der Waals surface area contributed by atoms with Crippen LogP contribution in [0.4, 0.5) is 0 Å². The van der Waals surface area contributed by atoms with Gasteiger partial charge >= 0.3 is 0 Å². The monoisotopic (exact) mass is 364 g/mol. The van der Waals surface area contributed by atoms with Gasteiger partial charge in [0.05, 0.1) is 11.5 Å². The van der Waals surface area contributed by atoms with Gasteiger partial charge in [0.15, 0.2) is 21.3 Å². The van der Waals surface area contributed by atoms with E-state index in [9.17, 15) is 13.2 Å². The second-order valence-electron chi connectivity index (χ2n) is 6.26. The van der Waals surface area contributed by atoms with Gasteiger partial charge in [0, 0.05) is 12.1 Å². The van der Waals surface area contributed by atoms with Crippen molar-refractivity contribution in [2.24, 2.45) is 0 Å². The second kappa shape index (κ2) is 6.87. The summed E-state index contributed by atoms with van der Waals surface area (Å²) >= 11 is 0. The average molecular weight is 364 g/mol. The first-order chi connectivity index (χ1) is 11.8. The van der Waals surface area contributed by atoms with Crippen LogP contribution >= 0.6 is 0 Å². The molecule has 1 saturated heterocycles. The smallest absolute Gasteiger partial charge is 0.273 e. The Balaban J connectivity index is 1.60. The predicted molar refractivity (Wildman–Crippen MR) is 91.3 cm³/mol. The van der Waals surface area contributed by atoms with E-state index in [1.54, 1.807) is 0 Å². The highest BCUT2D eigenvalue weighted by atomic mass is 32.2. The molecule has 0 aliphatic carbocycles. The van der Waals surface area contributed by atoms with E-state index in [0.717, 1.165) is 16.9 Å². The number of amides is 1. The second-order valence-corrected chi connectivity index (χ2v) is 8.49. The summed E-state index contributed by atoms with van der Waals surface area (Å²) in [6, 6.07) is 7.00. The highest BCUT2D eigenvalue weighted by Gasteiger charge is 2.29. The van der Waals surface area contributed by atoms with Crippen molar-refractivity contribution < 1.29 is 22.5 Å². The molecular formula is C17H20N2O5S. The van der Waals surface area contributed by atoms with Crippen LogP contribution in [-0.2, 0) is 16.4 Å². The van der Waals surface area contributed by atoms with Gasteiger partial charge in [-0.1, -0.05) is 23.4 Å². The third-order valence-corrected chi connectivity index (χ3v) is 5.89. The zero-order valence-corrected chi connectivity index (χ0v) is 14.9. The summed E-state index contributed by atoms with van der Waals surface area (Å²) < 4.78 is 33.8. The van der Waals surface area contributed by atoms with Crippen LogP contribution in [0.5, 0.6) is 5.75 Å². The van der Waals surface area contributed by atoms with Crippen LogP contribution in [0.1, 0.15) is 33.8 Å². The molecule has 1 N–H and O–H groups in total. The van der Waals surface area contributed by atoms with Crippen LogP contribution in [0.15, 0.2) is 28.8 Å². The fraction of sp³-hybridized carbons (Fsp3) is 0.412. The lowest BCUT2D eigenvalue weighted by Gasteiger charge is -2.10. The minimum atomic E-state index is -3.04. The van der Waals surface area contributed by atoms with Crippen LogP contribution in [0.25, 0.3) is 0 Å². The quantitative estimate of drug-likeness (QED) is 0.868. The summed E-state index contributed by atoms with van der Waals surface area (Å²) in [5.41, 5.74) is 2.14. The maximum atomic E-state index is 12.1. The fourth-order valence-corrected chi connectivity index (χ4v) is 4.50. The summed E-state index contributed by atoms with van der Waals surface area (Å²) in [7, 11) is -3.04. The Morgan fingerprint density at radius 2 is 2.08 bits per heavy atom. The minimum Gasteiger partial charge on any atom is -0.485 e. The zero-order chi connectivity index (χ0) is 18.0. The van der Waals surface area contributed by atoms with Gasteiger partial charge in [0.1, 0.15) is 12.4 Å². The molecule has 1 unspecified atom stereocenters. The normalized spacial score (nSPS) is 18.9. The number of ether oxygens (including phenoxy) is 1. The van der Waals surface area contributed by atoms with Gasteiger partial charge in [0.25, 0.3) is 5.91 Å². The topological polar surface area (TPSA) is 98.5 Å². The standard InChI is InChI=1S/C17H20N2O5S/c1-11-4-3-5-12(2)16(11)23-9-14-8-15(19-24-14)17(20)18-13-6-7-25(21,22)10-13/h3-5,8,13H,6-7,9-10H2,1-2H3,(H,18,20). The molecule has 7 nitrogen and oxygen atoms in total. The molecule has 1 aromatic heterocycles. The molecule has 1 aliphatic rings. The van der Waals surface area contributed by atoms with E-state index >= 15 is 0 Å². The lowest BCUT2D eigenvalue weighted by Crippen LogP contribution is -2.35. The Hall–Kier alpha value is -2.35. The molecule has 1 atom stereocenters. The Bertz CT molecular complexity index is 868. The third-order valence-electron chi connectivity index (χ3n) is 4.13. The third kappa shape index (κ3) is 4.19. The van der Waals surface area contributed by atoms with Gasteiger partial charge in [-0.3, -0.25) is 4.79 Å². The average Bonchev–Trinajstić information content (AvgIpc) is 3.13. The van der Waals surface area contributed by atoms with E-state index in [2.05, 4.69) is 10.5 Å². The van der Waals surface area contributed by atoms with Gasteiger partial charge in [-0.05, 0) is 31.4 Å². The van der Waals surface area contributed by atoms with Crippen molar-refractivity contribution in [3.63, 3.8) is 0 Å². The molecule has 2 heterocycles. The minimum absolute atomic E-state index is 0.0287. The van der Waals surface area contributed by atoms with Crippen LogP contribution in [0.3, 0.4) is 0 Å². The summed E-state index contributed by atoms with van der Waals surface area (Å²) in [5.74, 6) is 0.835. The van der Waals surface area contributed by atoms with E-state index < -0.39 is 15.7 Å². The van der Waals surface area contributed by atoms with Crippen molar-refractivity contribution in [2.45, 2.75) is 32.9 Å². The van der Waals surface area contributed by atoms with Crippen molar-refractivity contribution >= 4 is 15.7 Å². The number of benzene rings is 1. The van der Waals surface area contributed by atoms with Crippen LogP contribution in [0, 0.1) is 13.8 Å². The van der Waals surface area contributed by atoms with E-state index in [-0.39, 0.29) is 29.8 Å². The maximum Gasteiger partial charge on any atom is 0.273 e. The lowest BCUT2D eigenvalue weighted by molar-refractivity contribution is 0.0931. The summed E-state index contributed by atoms with van der Waals surface area (Å²) in [5, 5.41) is 6.41. The van der Waals surface area contributed by atoms with Crippen LogP contribution in [0.2, 0.25) is 0 Å². The van der Waals surface area contributed by atoms with Gasteiger partial charge in [0.2, 0.25) is 0 Å². The Morgan fingerprint density at radius 1 is 1.36 bits per heavy atom. The Kier molecular flexibility index (Phi) is 4.80. The number of hydrogen-bond donors (Lipinski definition) is 1. The molecule has 0 bridgehead atoms. The predicted octanol–water partition coefficient (Wildman–Crippen LogP) is 1.79. The van der Waals surface area contributed by atoms with Crippen LogP contribution in [-0.4, -0.2) is 37.0 Å². The van der Waals surface area contributed by atoms with Crippen molar-refractivity contribution in [1.29, 1.82) is 0 Å². The first kappa shape index (κ1) is 17.5. The number of aromatic nitrogens is 1. The molecule has 3 rings (SSSR count). The highest BCUT2D eigenvalue weighted by molar-refractivity contribution is 7.91. The number of nitrogens with zero attached hydrogens (tertiary/aromatic N) is 1. The number of nitrogens with one attached hydrogen (secondary N) is 1.